The maximum Gasteiger partial charge on any atom is 0.411 e. The molecule has 3 saturated carbocycles. The molecule has 3 N–H and O–H groups in total. The lowest BCUT2D eigenvalue weighted by molar-refractivity contribution is -0.140. The predicted molar refractivity (Wildman–Crippen MR) is 168 cm³/mol. The van der Waals surface area contributed by atoms with Gasteiger partial charge in [0.2, 0.25) is 21.8 Å². The van der Waals surface area contributed by atoms with E-state index in [-0.39, 0.29) is 30.9 Å². The van der Waals surface area contributed by atoms with Crippen LogP contribution in [0.5, 0.6) is 0 Å². The van der Waals surface area contributed by atoms with E-state index in [1.54, 1.807) is 31.1 Å². The number of rotatable bonds is 6. The van der Waals surface area contributed by atoms with Crippen molar-refractivity contribution in [2.75, 3.05) is 18.9 Å². The lowest BCUT2D eigenvalue weighted by Crippen LogP contribution is -2.54. The minimum absolute atomic E-state index is 0.00354. The SMILES string of the molecule is Cc1ccn(-c2ccc(F)cc2NC(=O)O[C@@H]2C[C@H]3C(=O)N[C@]4(C(=O)NS(=O)(=O)C5CC5)C[C@H]4C=CCCCCN(C)C(=O)[C@@H]3C2)n1. The number of carbonyl (C=O) groups is 4. The molecule has 47 heavy (non-hydrogen) atoms. The summed E-state index contributed by atoms with van der Waals surface area (Å²) in [6.07, 6.45) is 7.14. The fourth-order valence-electron chi connectivity index (χ4n) is 6.54. The molecule has 0 radical (unpaired) electrons. The zero-order valence-corrected chi connectivity index (χ0v) is 27.1. The first-order valence-electron chi connectivity index (χ1n) is 16.0. The Morgan fingerprint density at radius 1 is 1.13 bits per heavy atom. The minimum Gasteiger partial charge on any atom is -0.446 e. The van der Waals surface area contributed by atoms with Gasteiger partial charge in [-0.15, -0.1) is 0 Å². The highest BCUT2D eigenvalue weighted by molar-refractivity contribution is 7.91. The Hall–Kier alpha value is -4.27. The smallest absolute Gasteiger partial charge is 0.411 e. The molecule has 13 nitrogen and oxygen atoms in total. The van der Waals surface area contributed by atoms with E-state index in [0.29, 0.717) is 31.5 Å². The molecule has 4 amide bonds. The Labute approximate surface area is 272 Å². The van der Waals surface area contributed by atoms with Gasteiger partial charge in [-0.25, -0.2) is 22.3 Å². The summed E-state index contributed by atoms with van der Waals surface area (Å²) in [5.41, 5.74) is -0.218. The number of ether oxygens (including phenoxy) is 1. The number of nitrogens with zero attached hydrogens (tertiary/aromatic N) is 3. The second kappa shape index (κ2) is 12.7. The Morgan fingerprint density at radius 3 is 2.62 bits per heavy atom. The molecule has 4 aliphatic rings. The van der Waals surface area contributed by atoms with Crippen molar-refractivity contribution in [2.24, 2.45) is 17.8 Å². The van der Waals surface area contributed by atoms with E-state index in [9.17, 15) is 32.0 Å². The van der Waals surface area contributed by atoms with Gasteiger partial charge in [-0.05, 0) is 82.6 Å². The van der Waals surface area contributed by atoms with Crippen LogP contribution in [-0.4, -0.2) is 77.4 Å². The number of amides is 4. The predicted octanol–water partition coefficient (Wildman–Crippen LogP) is 2.94. The summed E-state index contributed by atoms with van der Waals surface area (Å²) < 4.78 is 48.8. The highest BCUT2D eigenvalue weighted by atomic mass is 32.2. The van der Waals surface area contributed by atoms with Gasteiger partial charge < -0.3 is 15.0 Å². The molecule has 15 heteroatoms. The monoisotopic (exact) mass is 670 g/mol. The first-order chi connectivity index (χ1) is 22.4. The van der Waals surface area contributed by atoms with E-state index in [1.165, 1.54) is 16.8 Å². The molecule has 3 aliphatic carbocycles. The number of allylic oxidation sites excluding steroid dienone is 1. The number of hydrogen-bond acceptors (Lipinski definition) is 8. The molecule has 0 bridgehead atoms. The molecule has 0 unspecified atom stereocenters. The molecule has 3 fully saturated rings. The number of fused-ring (bicyclic) bond motifs is 2. The van der Waals surface area contributed by atoms with Crippen LogP contribution >= 0.6 is 0 Å². The zero-order chi connectivity index (χ0) is 33.5. The molecule has 2 aromatic rings. The molecular weight excluding hydrogens is 631 g/mol. The molecule has 2 heterocycles. The van der Waals surface area contributed by atoms with Crippen LogP contribution in [0.25, 0.3) is 5.69 Å². The van der Waals surface area contributed by atoms with Gasteiger partial charge in [0.25, 0.3) is 5.91 Å². The molecule has 0 spiro atoms. The van der Waals surface area contributed by atoms with Crippen LogP contribution < -0.4 is 15.4 Å². The first-order valence-corrected chi connectivity index (χ1v) is 17.5. The van der Waals surface area contributed by atoms with E-state index in [0.717, 1.165) is 24.6 Å². The van der Waals surface area contributed by atoms with Gasteiger partial charge in [0, 0.05) is 25.7 Å². The van der Waals surface area contributed by atoms with Crippen molar-refractivity contribution in [2.45, 2.75) is 75.2 Å². The Morgan fingerprint density at radius 2 is 1.89 bits per heavy atom. The summed E-state index contributed by atoms with van der Waals surface area (Å²) in [5, 5.41) is 9.08. The standard InChI is InChI=1S/C32H39FN6O7S/c1-19-12-14-39(36-19)27-11-8-21(33)15-26(27)34-31(43)46-22-16-24-25(17-22)29(41)38(2)13-6-4-3-5-7-20-18-32(20,35-28(24)40)30(42)37-47(44,45)23-9-10-23/h5,7-8,11-12,14-15,20,22-25H,3-4,6,9-10,13,16-18H2,1-2H3,(H,34,43)(H,35,40)(H,37,42)/t20-,22-,24-,25-,32-/m1/s1. The lowest BCUT2D eigenvalue weighted by atomic mass is 9.93. The number of aryl methyl sites for hydroxylation is 1. The van der Waals surface area contributed by atoms with E-state index in [2.05, 4.69) is 20.5 Å². The molecule has 6 rings (SSSR count). The minimum atomic E-state index is -3.86. The fraction of sp³-hybridized carbons (Fsp3) is 0.531. The summed E-state index contributed by atoms with van der Waals surface area (Å²) in [4.78, 5) is 55.6. The molecule has 0 saturated heterocycles. The second-order valence-electron chi connectivity index (χ2n) is 13.0. The van der Waals surface area contributed by atoms with Crippen molar-refractivity contribution >= 4 is 39.5 Å². The van der Waals surface area contributed by atoms with Crippen LogP contribution in [0.2, 0.25) is 0 Å². The van der Waals surface area contributed by atoms with E-state index in [4.69, 9.17) is 4.74 Å². The van der Waals surface area contributed by atoms with Gasteiger partial charge >= 0.3 is 6.09 Å². The second-order valence-corrected chi connectivity index (χ2v) is 15.0. The topological polar surface area (TPSA) is 169 Å². The van der Waals surface area contributed by atoms with Gasteiger partial charge in [-0.2, -0.15) is 5.10 Å². The third-order valence-electron chi connectivity index (χ3n) is 9.43. The quantitative estimate of drug-likeness (QED) is 0.394. The largest absolute Gasteiger partial charge is 0.446 e. The van der Waals surface area contributed by atoms with E-state index >= 15 is 0 Å². The number of benzene rings is 1. The van der Waals surface area contributed by atoms with Crippen LogP contribution in [-0.2, 0) is 29.1 Å². The van der Waals surface area contributed by atoms with Gasteiger partial charge in [0.05, 0.1) is 34.2 Å². The average Bonchev–Trinajstić information content (AvgIpc) is 3.90. The summed E-state index contributed by atoms with van der Waals surface area (Å²) in [6.45, 7) is 2.27. The summed E-state index contributed by atoms with van der Waals surface area (Å²) in [5.74, 6) is -4.44. The van der Waals surface area contributed by atoms with Gasteiger partial charge in [-0.3, -0.25) is 24.4 Å². The number of aromatic nitrogens is 2. The highest BCUT2D eigenvalue weighted by Gasteiger charge is 2.62. The number of halogens is 1. The average molecular weight is 671 g/mol. The Kier molecular flexibility index (Phi) is 8.85. The normalized spacial score (nSPS) is 28.0. The van der Waals surface area contributed by atoms with Crippen molar-refractivity contribution in [3.63, 3.8) is 0 Å². The molecular formula is C32H39FN6O7S. The molecule has 5 atom stereocenters. The Balaban J connectivity index is 1.20. The first kappa shape index (κ1) is 32.7. The van der Waals surface area contributed by atoms with Crippen LogP contribution in [0.15, 0.2) is 42.6 Å². The number of sulfonamides is 1. The van der Waals surface area contributed by atoms with Crippen LogP contribution in [0, 0.1) is 30.5 Å². The molecule has 252 valence electrons. The number of carbonyl (C=O) groups excluding carboxylic acids is 4. The summed E-state index contributed by atoms with van der Waals surface area (Å²) >= 11 is 0. The van der Waals surface area contributed by atoms with Gasteiger partial charge in [0.15, 0.2) is 0 Å². The van der Waals surface area contributed by atoms with E-state index < -0.39 is 68.4 Å². The third kappa shape index (κ3) is 7.04. The van der Waals surface area contributed by atoms with Gasteiger partial charge in [0.1, 0.15) is 17.5 Å². The lowest BCUT2D eigenvalue weighted by Gasteiger charge is -2.26. The van der Waals surface area contributed by atoms with Crippen molar-refractivity contribution in [3.8, 4) is 5.69 Å². The molecule has 1 aromatic carbocycles. The fourth-order valence-corrected chi connectivity index (χ4v) is 7.90. The van der Waals surface area contributed by atoms with Crippen molar-refractivity contribution in [1.82, 2.24) is 24.7 Å². The van der Waals surface area contributed by atoms with Gasteiger partial charge in [-0.1, -0.05) is 12.2 Å². The zero-order valence-electron chi connectivity index (χ0n) is 26.3. The maximum absolute atomic E-state index is 14.2. The Bertz CT molecular complexity index is 1720. The molecule has 1 aliphatic heterocycles. The number of nitrogens with one attached hydrogen (secondary N) is 3. The van der Waals surface area contributed by atoms with Crippen LogP contribution in [0.4, 0.5) is 14.9 Å². The van der Waals surface area contributed by atoms with Crippen molar-refractivity contribution in [3.05, 3.63) is 54.1 Å². The van der Waals surface area contributed by atoms with Crippen molar-refractivity contribution < 1.29 is 36.7 Å². The van der Waals surface area contributed by atoms with Crippen molar-refractivity contribution in [1.29, 1.82) is 0 Å². The van der Waals surface area contributed by atoms with E-state index in [1.807, 2.05) is 12.2 Å². The third-order valence-corrected chi connectivity index (χ3v) is 11.3. The number of anilines is 1. The van der Waals surface area contributed by atoms with Crippen LogP contribution in [0.1, 0.15) is 57.1 Å². The van der Waals surface area contributed by atoms with Crippen LogP contribution in [0.3, 0.4) is 0 Å². The maximum atomic E-state index is 14.2. The summed E-state index contributed by atoms with van der Waals surface area (Å²) in [6, 6.07) is 5.61. The highest BCUT2D eigenvalue weighted by Crippen LogP contribution is 2.47. The summed E-state index contributed by atoms with van der Waals surface area (Å²) in [7, 11) is -2.20. The molecule has 1 aromatic heterocycles. The number of hydrogen-bond donors (Lipinski definition) is 3.